The van der Waals surface area contributed by atoms with Crippen molar-refractivity contribution in [1.29, 1.82) is 0 Å². The number of benzene rings is 3. The van der Waals surface area contributed by atoms with Gasteiger partial charge in [-0.2, -0.15) is 5.10 Å². The fourth-order valence-electron chi connectivity index (χ4n) is 3.80. The maximum atomic E-state index is 13.5. The number of nitrogens with one attached hydrogen (secondary N) is 1. The minimum atomic E-state index is -0.434. The summed E-state index contributed by atoms with van der Waals surface area (Å²) in [6.07, 6.45) is 4.57. The van der Waals surface area contributed by atoms with Gasteiger partial charge >= 0.3 is 0 Å². The lowest BCUT2D eigenvalue weighted by Crippen LogP contribution is -2.28. The minimum Gasteiger partial charge on any atom is -0.507 e. The number of carbonyl (C=O) groups excluding carboxylic acids is 2. The number of amides is 2. The summed E-state index contributed by atoms with van der Waals surface area (Å²) < 4.78 is 25.1. The summed E-state index contributed by atoms with van der Waals surface area (Å²) >= 11 is 4.56. The molecule has 5 rings (SSSR count). The zero-order valence-corrected chi connectivity index (χ0v) is 24.1. The molecular formula is C30H22BrFN4O5S. The van der Waals surface area contributed by atoms with E-state index in [0.717, 1.165) is 16.2 Å². The Bertz CT molecular complexity index is 1690. The van der Waals surface area contributed by atoms with Crippen LogP contribution in [0.25, 0.3) is 6.08 Å². The molecule has 0 spiro atoms. The van der Waals surface area contributed by atoms with Crippen LogP contribution in [0, 0.1) is 5.82 Å². The average Bonchev–Trinajstić information content (AvgIpc) is 3.59. The van der Waals surface area contributed by atoms with Crippen LogP contribution < -0.4 is 10.1 Å². The Balaban J connectivity index is 1.37. The maximum absolute atomic E-state index is 13.5. The van der Waals surface area contributed by atoms with Crippen molar-refractivity contribution in [2.75, 3.05) is 11.9 Å². The maximum Gasteiger partial charge on any atom is 0.267 e. The first-order valence-electron chi connectivity index (χ1n) is 12.5. The van der Waals surface area contributed by atoms with E-state index in [2.05, 4.69) is 31.4 Å². The molecule has 1 aliphatic heterocycles. The quantitative estimate of drug-likeness (QED) is 0.123. The number of phenols is 1. The lowest BCUT2D eigenvalue weighted by Gasteiger charge is -2.13. The number of aromatic hydroxyl groups is 1. The summed E-state index contributed by atoms with van der Waals surface area (Å²) in [6, 6.07) is 20.7. The first kappa shape index (κ1) is 28.8. The molecule has 0 unspecified atom stereocenters. The van der Waals surface area contributed by atoms with Crippen molar-refractivity contribution >= 4 is 62.7 Å². The first-order valence-corrected chi connectivity index (χ1v) is 14.1. The molecule has 2 N–H and O–H groups in total. The molecular weight excluding hydrogens is 627 g/mol. The molecule has 2 amide bonds. The normalized spacial score (nSPS) is 15.2. The van der Waals surface area contributed by atoms with Crippen molar-refractivity contribution < 1.29 is 28.2 Å². The van der Waals surface area contributed by atoms with Gasteiger partial charge in [0.15, 0.2) is 11.8 Å². The molecule has 0 bridgehead atoms. The Morgan fingerprint density at radius 1 is 1.10 bits per heavy atom. The average molecular weight is 649 g/mol. The molecule has 212 valence electrons. The molecule has 3 aromatic carbocycles. The molecule has 12 heteroatoms. The van der Waals surface area contributed by atoms with Crippen molar-refractivity contribution in [3.8, 4) is 11.5 Å². The molecule has 0 aliphatic carbocycles. The van der Waals surface area contributed by atoms with Crippen LogP contribution in [-0.2, 0) is 16.1 Å². The lowest BCUT2D eigenvalue weighted by molar-refractivity contribution is -0.122. The number of para-hydroxylation sites is 1. The van der Waals surface area contributed by atoms with Crippen LogP contribution in [0.4, 0.5) is 10.1 Å². The molecule has 9 nitrogen and oxygen atoms in total. The van der Waals surface area contributed by atoms with Crippen LogP contribution in [0.2, 0.25) is 0 Å². The number of hydrogen-bond donors (Lipinski definition) is 2. The molecule has 0 radical (unpaired) electrons. The predicted octanol–water partition coefficient (Wildman–Crippen LogP) is 6.41. The van der Waals surface area contributed by atoms with E-state index in [9.17, 15) is 19.1 Å². The fourth-order valence-corrected chi connectivity index (χ4v) is 5.10. The zero-order chi connectivity index (χ0) is 29.5. The lowest BCUT2D eigenvalue weighted by atomic mass is 10.2. The van der Waals surface area contributed by atoms with E-state index >= 15 is 0 Å². The number of phenolic OH excluding ortho intramolecular Hbond substituents is 1. The van der Waals surface area contributed by atoms with E-state index in [0.29, 0.717) is 38.4 Å². The Morgan fingerprint density at radius 2 is 1.90 bits per heavy atom. The van der Waals surface area contributed by atoms with Gasteiger partial charge in [0.05, 0.1) is 23.9 Å². The topological polar surface area (TPSA) is 117 Å². The SMILES string of the molecule is O=C(COc1ccc(Br)cc1/C=C1\S/C(=N/N=C\c2ccccc2O)N(Cc2ccco2)C1=O)Nc1ccc(F)cc1. The number of rotatable bonds is 9. The molecule has 1 aromatic heterocycles. The van der Waals surface area contributed by atoms with Gasteiger partial charge in [-0.15, -0.1) is 5.10 Å². The second kappa shape index (κ2) is 13.3. The smallest absolute Gasteiger partial charge is 0.267 e. The summed E-state index contributed by atoms with van der Waals surface area (Å²) in [5, 5.41) is 21.3. The third kappa shape index (κ3) is 7.33. The van der Waals surface area contributed by atoms with Crippen molar-refractivity contribution in [3.63, 3.8) is 0 Å². The van der Waals surface area contributed by atoms with Gasteiger partial charge in [0.1, 0.15) is 23.1 Å². The molecule has 0 atom stereocenters. The molecule has 42 heavy (non-hydrogen) atoms. The van der Waals surface area contributed by atoms with Crippen molar-refractivity contribution in [2.45, 2.75) is 6.54 Å². The van der Waals surface area contributed by atoms with E-state index in [1.807, 2.05) is 0 Å². The van der Waals surface area contributed by atoms with Gasteiger partial charge in [0.25, 0.3) is 11.8 Å². The number of hydrogen-bond acceptors (Lipinski definition) is 8. The summed E-state index contributed by atoms with van der Waals surface area (Å²) in [5.74, 6) is -0.189. The molecule has 2 heterocycles. The van der Waals surface area contributed by atoms with Gasteiger partial charge in [-0.3, -0.25) is 14.5 Å². The van der Waals surface area contributed by atoms with Gasteiger partial charge in [-0.05, 0) is 84.6 Å². The Kier molecular flexibility index (Phi) is 9.15. The van der Waals surface area contributed by atoms with Gasteiger partial charge < -0.3 is 19.6 Å². The number of halogens is 2. The van der Waals surface area contributed by atoms with Crippen LogP contribution in [-0.4, -0.2) is 39.8 Å². The largest absolute Gasteiger partial charge is 0.507 e. The van der Waals surface area contributed by atoms with Gasteiger partial charge in [0, 0.05) is 21.3 Å². The monoisotopic (exact) mass is 648 g/mol. The number of amidine groups is 1. The van der Waals surface area contributed by atoms with Crippen LogP contribution in [0.5, 0.6) is 11.5 Å². The van der Waals surface area contributed by atoms with E-state index in [1.165, 1.54) is 47.7 Å². The van der Waals surface area contributed by atoms with Gasteiger partial charge in [-0.25, -0.2) is 4.39 Å². The highest BCUT2D eigenvalue weighted by molar-refractivity contribution is 9.10. The first-order chi connectivity index (χ1) is 20.4. The van der Waals surface area contributed by atoms with E-state index in [4.69, 9.17) is 9.15 Å². The molecule has 1 fully saturated rings. The van der Waals surface area contributed by atoms with E-state index in [-0.39, 0.29) is 24.8 Å². The summed E-state index contributed by atoms with van der Waals surface area (Å²) in [6.45, 7) is -0.179. The summed E-state index contributed by atoms with van der Waals surface area (Å²) in [4.78, 5) is 27.7. The third-order valence-electron chi connectivity index (χ3n) is 5.80. The highest BCUT2D eigenvalue weighted by atomic mass is 79.9. The second-order valence-corrected chi connectivity index (χ2v) is 10.7. The number of ether oxygens (including phenoxy) is 1. The highest BCUT2D eigenvalue weighted by Gasteiger charge is 2.34. The van der Waals surface area contributed by atoms with Gasteiger partial charge in [0.2, 0.25) is 0 Å². The summed E-state index contributed by atoms with van der Waals surface area (Å²) in [5.41, 5.74) is 1.46. The standard InChI is InChI=1S/C30H22BrFN4O5S/c31-21-7-12-26(41-18-28(38)34-23-10-8-22(32)9-11-23)20(14-21)15-27-29(39)36(17-24-5-3-13-40-24)30(42-27)35-33-16-19-4-1-2-6-25(19)37/h1-16,37H,17-18H2,(H,34,38)/b27-15-,33-16-,35-30+. The fraction of sp³-hybridized carbons (Fsp3) is 0.0667. The van der Waals surface area contributed by atoms with Crippen molar-refractivity contribution in [1.82, 2.24) is 4.90 Å². The van der Waals surface area contributed by atoms with E-state index < -0.39 is 11.7 Å². The molecule has 1 saturated heterocycles. The predicted molar refractivity (Wildman–Crippen MR) is 163 cm³/mol. The number of nitrogens with zero attached hydrogens (tertiary/aromatic N) is 3. The van der Waals surface area contributed by atoms with Crippen LogP contribution in [0.1, 0.15) is 16.9 Å². The Labute approximate surface area is 252 Å². The summed E-state index contributed by atoms with van der Waals surface area (Å²) in [7, 11) is 0. The molecule has 1 aliphatic rings. The second-order valence-electron chi connectivity index (χ2n) is 8.79. The van der Waals surface area contributed by atoms with Gasteiger partial charge in [-0.1, -0.05) is 28.1 Å². The third-order valence-corrected chi connectivity index (χ3v) is 7.29. The highest BCUT2D eigenvalue weighted by Crippen LogP contribution is 2.36. The van der Waals surface area contributed by atoms with Crippen molar-refractivity contribution in [3.05, 3.63) is 117 Å². The molecule has 4 aromatic rings. The Hall–Kier alpha value is -4.68. The number of carbonyl (C=O) groups is 2. The Morgan fingerprint density at radius 3 is 2.67 bits per heavy atom. The molecule has 0 saturated carbocycles. The van der Waals surface area contributed by atoms with Crippen LogP contribution in [0.15, 0.2) is 109 Å². The van der Waals surface area contributed by atoms with Crippen LogP contribution >= 0.6 is 27.7 Å². The van der Waals surface area contributed by atoms with Crippen molar-refractivity contribution in [2.24, 2.45) is 10.2 Å². The number of thioether (sulfide) groups is 1. The van der Waals surface area contributed by atoms with Crippen LogP contribution in [0.3, 0.4) is 0 Å². The van der Waals surface area contributed by atoms with E-state index in [1.54, 1.807) is 54.6 Å². The number of furan rings is 1. The number of anilines is 1. The minimum absolute atomic E-state index is 0.0539. The zero-order valence-electron chi connectivity index (χ0n) is 21.7.